The third kappa shape index (κ3) is 5.44. The van der Waals surface area contributed by atoms with Gasteiger partial charge in [0.2, 0.25) is 0 Å². The maximum atomic E-state index is 13.4. The number of methoxy groups -OCH3 is 1. The van der Waals surface area contributed by atoms with Crippen molar-refractivity contribution < 1.29 is 13.9 Å². The van der Waals surface area contributed by atoms with Crippen molar-refractivity contribution in [3.05, 3.63) is 22.6 Å². The standard InChI is InChI=1S/C12H16BrFN2O2/c1-18-11(17)5-3-2-4-6-15-12-10(14)7-9(13)8-16-12/h7-8H,2-6H2,1H3,(H,15,16). The van der Waals surface area contributed by atoms with Crippen molar-refractivity contribution in [2.45, 2.75) is 25.7 Å². The first kappa shape index (κ1) is 14.9. The first-order chi connectivity index (χ1) is 8.63. The highest BCUT2D eigenvalue weighted by atomic mass is 79.9. The normalized spacial score (nSPS) is 10.2. The third-order valence-corrected chi connectivity index (χ3v) is 2.82. The number of carbonyl (C=O) groups is 1. The molecule has 0 atom stereocenters. The Hall–Kier alpha value is -1.17. The molecule has 0 saturated carbocycles. The lowest BCUT2D eigenvalue weighted by Gasteiger charge is -2.06. The number of esters is 1. The van der Waals surface area contributed by atoms with Gasteiger partial charge in [0.25, 0.3) is 0 Å². The minimum atomic E-state index is -0.376. The Labute approximate surface area is 114 Å². The largest absolute Gasteiger partial charge is 0.469 e. The van der Waals surface area contributed by atoms with Gasteiger partial charge in [-0.25, -0.2) is 9.37 Å². The zero-order valence-electron chi connectivity index (χ0n) is 10.2. The van der Waals surface area contributed by atoms with Gasteiger partial charge in [0, 0.05) is 23.6 Å². The van der Waals surface area contributed by atoms with Crippen LogP contribution in [-0.4, -0.2) is 24.6 Å². The number of pyridine rings is 1. The van der Waals surface area contributed by atoms with Crippen molar-refractivity contribution >= 4 is 27.7 Å². The van der Waals surface area contributed by atoms with E-state index in [1.165, 1.54) is 13.2 Å². The summed E-state index contributed by atoms with van der Waals surface area (Å²) in [7, 11) is 1.38. The molecule has 0 fully saturated rings. The Morgan fingerprint density at radius 3 is 2.94 bits per heavy atom. The van der Waals surface area contributed by atoms with Crippen molar-refractivity contribution in [1.29, 1.82) is 0 Å². The van der Waals surface area contributed by atoms with E-state index in [0.29, 0.717) is 17.4 Å². The van der Waals surface area contributed by atoms with Crippen molar-refractivity contribution in [3.8, 4) is 0 Å². The molecule has 1 aromatic heterocycles. The molecule has 0 aliphatic carbocycles. The molecule has 1 heterocycles. The van der Waals surface area contributed by atoms with Crippen LogP contribution in [0.4, 0.5) is 10.2 Å². The minimum absolute atomic E-state index is 0.191. The molecule has 0 aliphatic rings. The molecule has 0 aromatic carbocycles. The summed E-state index contributed by atoms with van der Waals surface area (Å²) < 4.78 is 18.5. The molecule has 18 heavy (non-hydrogen) atoms. The Bertz CT molecular complexity index is 402. The molecule has 0 amide bonds. The molecule has 6 heteroatoms. The number of unbranched alkanes of at least 4 members (excludes halogenated alkanes) is 2. The second kappa shape index (κ2) is 8.02. The molecular weight excluding hydrogens is 303 g/mol. The predicted octanol–water partition coefficient (Wildman–Crippen LogP) is 3.13. The molecule has 0 aliphatic heterocycles. The van der Waals surface area contributed by atoms with Crippen LogP contribution in [0, 0.1) is 5.82 Å². The van der Waals surface area contributed by atoms with E-state index in [0.717, 1.165) is 19.3 Å². The van der Waals surface area contributed by atoms with Gasteiger partial charge in [-0.1, -0.05) is 6.42 Å². The molecule has 0 saturated heterocycles. The molecule has 1 aromatic rings. The average molecular weight is 319 g/mol. The minimum Gasteiger partial charge on any atom is -0.469 e. The van der Waals surface area contributed by atoms with Gasteiger partial charge in [0.05, 0.1) is 7.11 Å². The fraction of sp³-hybridized carbons (Fsp3) is 0.500. The Balaban J connectivity index is 2.16. The van der Waals surface area contributed by atoms with Crippen LogP contribution in [0.2, 0.25) is 0 Å². The van der Waals surface area contributed by atoms with E-state index in [2.05, 4.69) is 31.0 Å². The molecule has 0 spiro atoms. The third-order valence-electron chi connectivity index (χ3n) is 2.39. The number of nitrogens with zero attached hydrogens (tertiary/aromatic N) is 1. The van der Waals surface area contributed by atoms with E-state index >= 15 is 0 Å². The Morgan fingerprint density at radius 1 is 1.50 bits per heavy atom. The summed E-state index contributed by atoms with van der Waals surface area (Å²) in [6.45, 7) is 0.632. The topological polar surface area (TPSA) is 51.2 Å². The monoisotopic (exact) mass is 318 g/mol. The summed E-state index contributed by atoms with van der Waals surface area (Å²) in [5, 5.41) is 2.92. The van der Waals surface area contributed by atoms with Crippen LogP contribution < -0.4 is 5.32 Å². The maximum absolute atomic E-state index is 13.4. The van der Waals surface area contributed by atoms with Crippen molar-refractivity contribution in [1.82, 2.24) is 4.98 Å². The van der Waals surface area contributed by atoms with Crippen molar-refractivity contribution in [3.63, 3.8) is 0 Å². The van der Waals surface area contributed by atoms with E-state index in [1.807, 2.05) is 0 Å². The van der Waals surface area contributed by atoms with Gasteiger partial charge < -0.3 is 10.1 Å². The van der Waals surface area contributed by atoms with Gasteiger partial charge in [-0.2, -0.15) is 0 Å². The molecule has 0 unspecified atom stereocenters. The number of nitrogens with one attached hydrogen (secondary N) is 1. The lowest BCUT2D eigenvalue weighted by Crippen LogP contribution is -2.06. The van der Waals surface area contributed by atoms with Crippen molar-refractivity contribution in [2.75, 3.05) is 19.0 Å². The van der Waals surface area contributed by atoms with Crippen LogP contribution in [0.25, 0.3) is 0 Å². The summed E-state index contributed by atoms with van der Waals surface area (Å²) in [6.07, 6.45) is 4.50. The second-order valence-corrected chi connectivity index (χ2v) is 4.71. The molecule has 0 radical (unpaired) electrons. The van der Waals surface area contributed by atoms with E-state index in [1.54, 1.807) is 6.20 Å². The summed E-state index contributed by atoms with van der Waals surface area (Å²) in [4.78, 5) is 14.8. The quantitative estimate of drug-likeness (QED) is 0.620. The van der Waals surface area contributed by atoms with Crippen LogP contribution in [-0.2, 0) is 9.53 Å². The van der Waals surface area contributed by atoms with E-state index in [9.17, 15) is 9.18 Å². The average Bonchev–Trinajstić information content (AvgIpc) is 2.35. The summed E-state index contributed by atoms with van der Waals surface area (Å²) >= 11 is 3.14. The van der Waals surface area contributed by atoms with Crippen LogP contribution in [0.3, 0.4) is 0 Å². The molecule has 1 rings (SSSR count). The van der Waals surface area contributed by atoms with Crippen LogP contribution in [0.5, 0.6) is 0 Å². The number of hydrogen-bond acceptors (Lipinski definition) is 4. The van der Waals surface area contributed by atoms with Gasteiger partial charge in [-0.15, -0.1) is 0 Å². The predicted molar refractivity (Wildman–Crippen MR) is 70.9 cm³/mol. The fourth-order valence-electron chi connectivity index (χ4n) is 1.42. The van der Waals surface area contributed by atoms with Crippen LogP contribution in [0.15, 0.2) is 16.7 Å². The summed E-state index contributed by atoms with van der Waals surface area (Å²) in [5.41, 5.74) is 0. The fourth-order valence-corrected chi connectivity index (χ4v) is 1.73. The zero-order valence-corrected chi connectivity index (χ0v) is 11.8. The number of hydrogen-bond donors (Lipinski definition) is 1. The van der Waals surface area contributed by atoms with Gasteiger partial charge in [-0.05, 0) is 34.8 Å². The van der Waals surface area contributed by atoms with Gasteiger partial charge in [0.15, 0.2) is 11.6 Å². The molecular formula is C12H16BrFN2O2. The zero-order chi connectivity index (χ0) is 13.4. The number of carbonyl (C=O) groups excluding carboxylic acids is 1. The first-order valence-electron chi connectivity index (χ1n) is 5.75. The number of ether oxygens (including phenoxy) is 1. The molecule has 1 N–H and O–H groups in total. The smallest absolute Gasteiger partial charge is 0.305 e. The number of rotatable bonds is 7. The highest BCUT2D eigenvalue weighted by molar-refractivity contribution is 9.10. The number of aromatic nitrogens is 1. The van der Waals surface area contributed by atoms with Gasteiger partial charge in [-0.3, -0.25) is 4.79 Å². The van der Waals surface area contributed by atoms with Gasteiger partial charge >= 0.3 is 5.97 Å². The van der Waals surface area contributed by atoms with Crippen LogP contribution in [0.1, 0.15) is 25.7 Å². The van der Waals surface area contributed by atoms with Crippen LogP contribution >= 0.6 is 15.9 Å². The molecule has 0 bridgehead atoms. The summed E-state index contributed by atoms with van der Waals surface area (Å²) in [5.74, 6) is -0.311. The highest BCUT2D eigenvalue weighted by Gasteiger charge is 2.03. The highest BCUT2D eigenvalue weighted by Crippen LogP contribution is 2.16. The van der Waals surface area contributed by atoms with E-state index in [4.69, 9.17) is 0 Å². The summed E-state index contributed by atoms with van der Waals surface area (Å²) in [6, 6.07) is 1.37. The maximum Gasteiger partial charge on any atom is 0.305 e. The van der Waals surface area contributed by atoms with Crippen molar-refractivity contribution in [2.24, 2.45) is 0 Å². The van der Waals surface area contributed by atoms with E-state index < -0.39 is 0 Å². The Morgan fingerprint density at radius 2 is 2.28 bits per heavy atom. The molecule has 4 nitrogen and oxygen atoms in total. The van der Waals surface area contributed by atoms with Gasteiger partial charge in [0.1, 0.15) is 0 Å². The number of halogens is 2. The first-order valence-corrected chi connectivity index (χ1v) is 6.54. The number of anilines is 1. The lowest BCUT2D eigenvalue weighted by atomic mass is 10.2. The second-order valence-electron chi connectivity index (χ2n) is 3.80. The molecule has 100 valence electrons. The lowest BCUT2D eigenvalue weighted by molar-refractivity contribution is -0.140. The Kier molecular flexibility index (Phi) is 6.64. The SMILES string of the molecule is COC(=O)CCCCCNc1ncc(Br)cc1F. The van der Waals surface area contributed by atoms with E-state index in [-0.39, 0.29) is 17.6 Å².